The Morgan fingerprint density at radius 1 is 1.30 bits per heavy atom. The van der Waals surface area contributed by atoms with Crippen LogP contribution >= 0.6 is 0 Å². The van der Waals surface area contributed by atoms with Gasteiger partial charge in [-0.1, -0.05) is 0 Å². The molecule has 2 nitrogen and oxygen atoms in total. The van der Waals surface area contributed by atoms with E-state index >= 15 is 0 Å². The molecule has 0 unspecified atom stereocenters. The number of unbranched alkanes of at least 4 members (excludes halogenated alkanes) is 3. The van der Waals surface area contributed by atoms with Crippen LogP contribution < -0.4 is 0 Å². The third-order valence-corrected chi connectivity index (χ3v) is 7.83. The minimum absolute atomic E-state index is 0.436. The molecule has 0 radical (unpaired) electrons. The molecule has 0 rings (SSSR count). The molecular weight excluding hydrogens is 341 g/mol. The number of hydrogen-bond donors (Lipinski definition) is 0. The Balaban J connectivity index is 2.65. The SMILES string of the molecule is CCCCCC[O][SnH2][O][SnH3]. The first kappa shape index (κ1) is 11.5. The molecule has 0 amide bonds. The molecule has 0 aromatic rings. The zero-order valence-electron chi connectivity index (χ0n) is 7.06. The molecule has 0 atom stereocenters. The molecule has 0 aliphatic rings. The van der Waals surface area contributed by atoms with E-state index in [1.54, 1.807) is 0 Å². The van der Waals surface area contributed by atoms with Gasteiger partial charge in [-0.05, 0) is 0 Å². The summed E-state index contributed by atoms with van der Waals surface area (Å²) >= 11 is -0.620. The summed E-state index contributed by atoms with van der Waals surface area (Å²) in [5, 5.41) is 0. The summed E-state index contributed by atoms with van der Waals surface area (Å²) in [7, 11) is 0. The minimum atomic E-state index is -1.06. The van der Waals surface area contributed by atoms with E-state index < -0.39 is 22.0 Å². The first-order chi connectivity index (χ1) is 4.91. The van der Waals surface area contributed by atoms with Gasteiger partial charge >= 0.3 is 88.6 Å². The van der Waals surface area contributed by atoms with Crippen LogP contribution in [0.4, 0.5) is 0 Å². The third kappa shape index (κ3) is 9.52. The van der Waals surface area contributed by atoms with Gasteiger partial charge in [0.15, 0.2) is 0 Å². The van der Waals surface area contributed by atoms with Gasteiger partial charge in [0.1, 0.15) is 0 Å². The van der Waals surface area contributed by atoms with Gasteiger partial charge in [-0.3, -0.25) is 0 Å². The predicted octanol–water partition coefficient (Wildman–Crippen LogP) is -0.121. The van der Waals surface area contributed by atoms with Crippen molar-refractivity contribution in [1.29, 1.82) is 0 Å². The second-order valence-electron chi connectivity index (χ2n) is 2.38. The van der Waals surface area contributed by atoms with Crippen molar-refractivity contribution in [3.8, 4) is 0 Å². The Hall–Kier alpha value is 1.52. The van der Waals surface area contributed by atoms with Gasteiger partial charge in [0.2, 0.25) is 0 Å². The van der Waals surface area contributed by atoms with E-state index in [1.807, 2.05) is 0 Å². The molecular formula is C6H18O2Sn2. The summed E-state index contributed by atoms with van der Waals surface area (Å²) in [4.78, 5) is 0. The molecule has 10 heavy (non-hydrogen) atoms. The standard InChI is InChI=1S/C6H13O.O.2Sn.5H/c1-2-3-4-5-6-7;;;;;;;;/h2-6H2,1H3;;;;;;;;/q-1;;;+1;;;;;. The van der Waals surface area contributed by atoms with Crippen LogP contribution in [0.2, 0.25) is 0 Å². The van der Waals surface area contributed by atoms with Gasteiger partial charge in [-0.25, -0.2) is 0 Å². The van der Waals surface area contributed by atoms with Crippen LogP contribution in [0.3, 0.4) is 0 Å². The van der Waals surface area contributed by atoms with E-state index in [2.05, 4.69) is 6.92 Å². The van der Waals surface area contributed by atoms with Crippen LogP contribution in [0.25, 0.3) is 0 Å². The van der Waals surface area contributed by atoms with Gasteiger partial charge in [-0.15, -0.1) is 0 Å². The van der Waals surface area contributed by atoms with Crippen LogP contribution in [0, 0.1) is 0 Å². The van der Waals surface area contributed by atoms with E-state index in [-0.39, 0.29) is 0 Å². The molecule has 0 heterocycles. The monoisotopic (exact) mass is 362 g/mol. The molecule has 0 saturated heterocycles. The molecule has 0 aliphatic heterocycles. The Morgan fingerprint density at radius 2 is 2.10 bits per heavy atom. The van der Waals surface area contributed by atoms with E-state index in [0.717, 1.165) is 6.61 Å². The average molecular weight is 360 g/mol. The maximum absolute atomic E-state index is 5.37. The van der Waals surface area contributed by atoms with Crippen LogP contribution in [-0.2, 0) is 4.49 Å². The summed E-state index contributed by atoms with van der Waals surface area (Å²) < 4.78 is 10.5. The molecule has 0 bridgehead atoms. The van der Waals surface area contributed by atoms with Gasteiger partial charge in [-0.2, -0.15) is 0 Å². The van der Waals surface area contributed by atoms with Gasteiger partial charge < -0.3 is 0 Å². The van der Waals surface area contributed by atoms with Crippen molar-refractivity contribution in [2.45, 2.75) is 32.6 Å². The average Bonchev–Trinajstić information content (AvgIpc) is 1.97. The predicted molar refractivity (Wildman–Crippen MR) is 49.7 cm³/mol. The maximum atomic E-state index is 5.37. The fraction of sp³-hybridized carbons (Fsp3) is 1.00. The van der Waals surface area contributed by atoms with E-state index in [1.165, 1.54) is 25.7 Å². The molecule has 0 aliphatic carbocycles. The summed E-state index contributed by atoms with van der Waals surface area (Å²) in [6, 6.07) is 0. The Bertz CT molecular complexity index is 53.7. The molecule has 0 aromatic heterocycles. The van der Waals surface area contributed by atoms with Crippen molar-refractivity contribution < 1.29 is 4.49 Å². The van der Waals surface area contributed by atoms with Crippen LogP contribution in [-0.4, -0.2) is 51.5 Å². The molecule has 0 fully saturated rings. The van der Waals surface area contributed by atoms with Crippen molar-refractivity contribution in [3.05, 3.63) is 0 Å². The first-order valence-corrected chi connectivity index (χ1v) is 9.61. The quantitative estimate of drug-likeness (QED) is 0.466. The topological polar surface area (TPSA) is 18.5 Å². The van der Waals surface area contributed by atoms with Crippen LogP contribution in [0.5, 0.6) is 0 Å². The Morgan fingerprint density at radius 3 is 2.70 bits per heavy atom. The van der Waals surface area contributed by atoms with Crippen molar-refractivity contribution in [2.75, 3.05) is 6.61 Å². The van der Waals surface area contributed by atoms with Gasteiger partial charge in [0, 0.05) is 0 Å². The summed E-state index contributed by atoms with van der Waals surface area (Å²) in [5.41, 5.74) is 0. The molecule has 4 heteroatoms. The van der Waals surface area contributed by atoms with E-state index in [0.29, 0.717) is 22.9 Å². The first-order valence-electron chi connectivity index (χ1n) is 3.98. The van der Waals surface area contributed by atoms with E-state index in [4.69, 9.17) is 4.49 Å². The molecule has 0 spiro atoms. The van der Waals surface area contributed by atoms with E-state index in [9.17, 15) is 0 Å². The zero-order chi connectivity index (χ0) is 7.66. The van der Waals surface area contributed by atoms with Crippen LogP contribution in [0.1, 0.15) is 32.6 Å². The Labute approximate surface area is 88.0 Å². The normalized spacial score (nSPS) is 11.7. The zero-order valence-corrected chi connectivity index (χ0v) is 16.8. The fourth-order valence-corrected chi connectivity index (χ4v) is 5.36. The summed E-state index contributed by atoms with van der Waals surface area (Å²) in [5.74, 6) is 0. The van der Waals surface area contributed by atoms with Crippen LogP contribution in [0.15, 0.2) is 0 Å². The third-order valence-electron chi connectivity index (χ3n) is 1.34. The number of hydrogen-bond acceptors (Lipinski definition) is 2. The van der Waals surface area contributed by atoms with Crippen molar-refractivity contribution >= 4 is 44.9 Å². The molecule has 0 N–H and O–H groups in total. The van der Waals surface area contributed by atoms with Crippen molar-refractivity contribution in [1.82, 2.24) is 0 Å². The molecule has 0 saturated carbocycles. The van der Waals surface area contributed by atoms with Crippen molar-refractivity contribution in [2.24, 2.45) is 0 Å². The van der Waals surface area contributed by atoms with Crippen molar-refractivity contribution in [3.63, 3.8) is 0 Å². The van der Waals surface area contributed by atoms with Gasteiger partial charge in [0.05, 0.1) is 0 Å². The second kappa shape index (κ2) is 10.5. The Kier molecular flexibility index (Phi) is 12.1. The van der Waals surface area contributed by atoms with Gasteiger partial charge in [0.25, 0.3) is 0 Å². The number of rotatable bonds is 7. The molecule has 62 valence electrons. The summed E-state index contributed by atoms with van der Waals surface area (Å²) in [6.07, 6.45) is 5.23. The second-order valence-corrected chi connectivity index (χ2v) is 16.9. The fourth-order valence-electron chi connectivity index (χ4n) is 0.773. The molecule has 0 aromatic carbocycles. The summed E-state index contributed by atoms with van der Waals surface area (Å²) in [6.45, 7) is 3.19.